The van der Waals surface area contributed by atoms with Gasteiger partial charge in [-0.1, -0.05) is 24.4 Å². The third-order valence-electron chi connectivity index (χ3n) is 3.86. The molecule has 1 amide bonds. The first-order chi connectivity index (χ1) is 10.6. The summed E-state index contributed by atoms with van der Waals surface area (Å²) in [4.78, 5) is 12.6. The van der Waals surface area contributed by atoms with Crippen molar-refractivity contribution < 1.29 is 14.6 Å². The molecule has 1 aromatic rings. The fourth-order valence-electron chi connectivity index (χ4n) is 2.60. The lowest BCUT2D eigenvalue weighted by molar-refractivity contribution is -0.115. The summed E-state index contributed by atoms with van der Waals surface area (Å²) in [6, 6.07) is 7.70. The monoisotopic (exact) mass is 319 g/mol. The van der Waals surface area contributed by atoms with Crippen LogP contribution < -0.4 is 10.1 Å². The van der Waals surface area contributed by atoms with Crippen LogP contribution in [0.1, 0.15) is 31.2 Å². The van der Waals surface area contributed by atoms with Crippen molar-refractivity contribution in [1.29, 1.82) is 0 Å². The van der Waals surface area contributed by atoms with Crippen LogP contribution in [0.25, 0.3) is 5.57 Å². The summed E-state index contributed by atoms with van der Waals surface area (Å²) in [5.74, 6) is 0.749. The number of hydrogen-bond donors (Lipinski definition) is 2. The molecule has 0 bridgehead atoms. The molecular formula is C17H21NO3S. The molecule has 0 fully saturated rings. The minimum Gasteiger partial charge on any atom is -0.497 e. The Morgan fingerprint density at radius 3 is 2.73 bits per heavy atom. The van der Waals surface area contributed by atoms with E-state index in [-0.39, 0.29) is 18.4 Å². The zero-order valence-corrected chi connectivity index (χ0v) is 13.5. The molecule has 1 aromatic carbocycles. The zero-order valence-electron chi connectivity index (χ0n) is 12.7. The second-order valence-corrected chi connectivity index (χ2v) is 5.79. The van der Waals surface area contributed by atoms with Gasteiger partial charge < -0.3 is 15.2 Å². The molecule has 0 spiro atoms. The van der Waals surface area contributed by atoms with Crippen LogP contribution >= 0.6 is 12.2 Å². The minimum atomic E-state index is -0.176. The highest BCUT2D eigenvalue weighted by atomic mass is 32.1. The van der Waals surface area contributed by atoms with Crippen molar-refractivity contribution in [2.75, 3.05) is 13.7 Å². The third-order valence-corrected chi connectivity index (χ3v) is 4.29. The van der Waals surface area contributed by atoms with Crippen molar-refractivity contribution in [2.45, 2.75) is 25.7 Å². The van der Waals surface area contributed by atoms with Crippen LogP contribution in [-0.2, 0) is 4.79 Å². The highest BCUT2D eigenvalue weighted by molar-refractivity contribution is 7.80. The lowest BCUT2D eigenvalue weighted by Gasteiger charge is -2.21. The number of rotatable bonds is 5. The maximum Gasteiger partial charge on any atom is 0.249 e. The zero-order chi connectivity index (χ0) is 15.9. The van der Waals surface area contributed by atoms with Gasteiger partial charge in [-0.25, -0.2) is 0 Å². The van der Waals surface area contributed by atoms with Crippen molar-refractivity contribution in [3.8, 4) is 5.75 Å². The SMILES string of the molecule is COc1ccc(C2=CC(=O)NC(=S)C(CCCO)CC2)cc1. The fraction of sp³-hybridized carbons (Fsp3) is 0.412. The van der Waals surface area contributed by atoms with E-state index in [1.165, 1.54) is 0 Å². The van der Waals surface area contributed by atoms with Gasteiger partial charge in [0.25, 0.3) is 0 Å². The summed E-state index contributed by atoms with van der Waals surface area (Å²) >= 11 is 5.29. The van der Waals surface area contributed by atoms with Crippen LogP contribution in [0.5, 0.6) is 5.75 Å². The van der Waals surface area contributed by atoms with Crippen LogP contribution in [-0.4, -0.2) is 29.7 Å². The standard InChI is InChI=1S/C17H21NO3S/c1-21-15-8-6-12(7-9-15)14-5-4-13(3-2-10-19)17(22)18-16(20)11-14/h6-9,11,13,19H,2-5,10H2,1H3,(H,18,20,22). The quantitative estimate of drug-likeness (QED) is 0.819. The van der Waals surface area contributed by atoms with Gasteiger partial charge in [-0.2, -0.15) is 0 Å². The molecule has 1 aliphatic rings. The number of thiocarbonyl (C=S) groups is 1. The maximum atomic E-state index is 12.0. The maximum absolute atomic E-state index is 12.0. The number of carbonyl (C=O) groups excluding carboxylic acids is 1. The molecule has 2 rings (SSSR count). The van der Waals surface area contributed by atoms with E-state index in [9.17, 15) is 4.79 Å². The molecule has 0 aromatic heterocycles. The summed E-state index contributed by atoms with van der Waals surface area (Å²) < 4.78 is 5.16. The van der Waals surface area contributed by atoms with E-state index >= 15 is 0 Å². The average Bonchev–Trinajstić information content (AvgIpc) is 2.52. The van der Waals surface area contributed by atoms with Gasteiger partial charge in [-0.3, -0.25) is 4.79 Å². The van der Waals surface area contributed by atoms with Gasteiger partial charge in [0.05, 0.1) is 12.1 Å². The molecule has 0 radical (unpaired) electrons. The predicted molar refractivity (Wildman–Crippen MR) is 90.8 cm³/mol. The number of aliphatic hydroxyl groups excluding tert-OH is 1. The largest absolute Gasteiger partial charge is 0.497 e. The van der Waals surface area contributed by atoms with Crippen molar-refractivity contribution in [2.24, 2.45) is 5.92 Å². The lowest BCUT2D eigenvalue weighted by atomic mass is 9.90. The summed E-state index contributed by atoms with van der Waals surface area (Å²) in [6.07, 6.45) is 4.77. The number of hydrogen-bond acceptors (Lipinski definition) is 4. The van der Waals surface area contributed by atoms with Crippen LogP contribution in [0.15, 0.2) is 30.3 Å². The van der Waals surface area contributed by atoms with Crippen molar-refractivity contribution in [1.82, 2.24) is 5.32 Å². The first kappa shape index (κ1) is 16.6. The van der Waals surface area contributed by atoms with E-state index in [0.29, 0.717) is 11.4 Å². The molecule has 2 N–H and O–H groups in total. The Kier molecular flexibility index (Phi) is 6.10. The number of ether oxygens (including phenoxy) is 1. The summed E-state index contributed by atoms with van der Waals surface area (Å²) in [5.41, 5.74) is 2.02. The molecule has 4 nitrogen and oxygen atoms in total. The van der Waals surface area contributed by atoms with Crippen molar-refractivity contribution >= 4 is 28.7 Å². The molecule has 22 heavy (non-hydrogen) atoms. The van der Waals surface area contributed by atoms with Crippen LogP contribution in [0, 0.1) is 5.92 Å². The van der Waals surface area contributed by atoms with Gasteiger partial charge in [-0.05, 0) is 49.0 Å². The van der Waals surface area contributed by atoms with Crippen molar-refractivity contribution in [3.05, 3.63) is 35.9 Å². The van der Waals surface area contributed by atoms with E-state index in [1.54, 1.807) is 13.2 Å². The molecule has 0 saturated carbocycles. The molecule has 1 aliphatic heterocycles. The van der Waals surface area contributed by atoms with E-state index in [1.807, 2.05) is 24.3 Å². The number of benzene rings is 1. The second kappa shape index (κ2) is 8.06. The Morgan fingerprint density at radius 2 is 2.09 bits per heavy atom. The Labute approximate surface area is 136 Å². The molecular weight excluding hydrogens is 298 g/mol. The van der Waals surface area contributed by atoms with Gasteiger partial charge in [-0.15, -0.1) is 0 Å². The number of methoxy groups -OCH3 is 1. The van der Waals surface area contributed by atoms with E-state index < -0.39 is 0 Å². The Bertz CT molecular complexity index is 566. The Balaban J connectivity index is 2.17. The summed E-state index contributed by atoms with van der Waals surface area (Å²) in [7, 11) is 1.63. The number of allylic oxidation sites excluding steroid dienone is 1. The van der Waals surface area contributed by atoms with Gasteiger partial charge >= 0.3 is 0 Å². The topological polar surface area (TPSA) is 58.6 Å². The highest BCUT2D eigenvalue weighted by Crippen LogP contribution is 2.27. The van der Waals surface area contributed by atoms with Crippen LogP contribution in [0.3, 0.4) is 0 Å². The molecule has 1 heterocycles. The van der Waals surface area contributed by atoms with Crippen LogP contribution in [0.4, 0.5) is 0 Å². The molecule has 1 unspecified atom stereocenters. The van der Waals surface area contributed by atoms with Gasteiger partial charge in [0.1, 0.15) is 5.75 Å². The fourth-order valence-corrected chi connectivity index (χ4v) is 2.93. The van der Waals surface area contributed by atoms with E-state index in [2.05, 4.69) is 5.32 Å². The lowest BCUT2D eigenvalue weighted by Crippen LogP contribution is -2.34. The molecule has 0 aliphatic carbocycles. The number of aliphatic hydroxyl groups is 1. The van der Waals surface area contributed by atoms with E-state index in [0.717, 1.165) is 36.1 Å². The first-order valence-electron chi connectivity index (χ1n) is 7.44. The van der Waals surface area contributed by atoms with Gasteiger partial charge in [0.2, 0.25) is 5.91 Å². The van der Waals surface area contributed by atoms with E-state index in [4.69, 9.17) is 22.1 Å². The smallest absolute Gasteiger partial charge is 0.249 e. The molecule has 1 atom stereocenters. The number of nitrogens with one attached hydrogen (secondary N) is 1. The number of amides is 1. The predicted octanol–water partition coefficient (Wildman–Crippen LogP) is 2.70. The molecule has 118 valence electrons. The van der Waals surface area contributed by atoms with Crippen LogP contribution in [0.2, 0.25) is 0 Å². The normalized spacial score (nSPS) is 19.0. The Hall–Kier alpha value is -1.72. The van der Waals surface area contributed by atoms with Crippen molar-refractivity contribution in [3.63, 3.8) is 0 Å². The Morgan fingerprint density at radius 1 is 1.36 bits per heavy atom. The molecule has 0 saturated heterocycles. The minimum absolute atomic E-state index is 0.132. The van der Waals surface area contributed by atoms with Gasteiger partial charge in [0, 0.05) is 18.6 Å². The highest BCUT2D eigenvalue weighted by Gasteiger charge is 2.20. The first-order valence-corrected chi connectivity index (χ1v) is 7.85. The summed E-state index contributed by atoms with van der Waals surface area (Å²) in [6.45, 7) is 0.147. The second-order valence-electron chi connectivity index (χ2n) is 5.35. The number of carbonyl (C=O) groups is 1. The third kappa shape index (κ3) is 4.39. The summed E-state index contributed by atoms with van der Waals surface area (Å²) in [5, 5.41) is 11.8. The molecule has 5 heteroatoms. The average molecular weight is 319 g/mol. The van der Waals surface area contributed by atoms with Gasteiger partial charge in [0.15, 0.2) is 0 Å².